The number of nitrogens with zero attached hydrogens (tertiary/aromatic N) is 3. The third-order valence-corrected chi connectivity index (χ3v) is 4.00. The Hall–Kier alpha value is -2.60. The smallest absolute Gasteiger partial charge is 0.259 e. The lowest BCUT2D eigenvalue weighted by Gasteiger charge is -2.11. The lowest BCUT2D eigenvalue weighted by Crippen LogP contribution is -2.14. The van der Waals surface area contributed by atoms with Crippen molar-refractivity contribution >= 4 is 23.2 Å². The lowest BCUT2D eigenvalue weighted by atomic mass is 10.1. The summed E-state index contributed by atoms with van der Waals surface area (Å²) < 4.78 is 7.03. The number of nitrogens with one attached hydrogen (secondary N) is 1. The van der Waals surface area contributed by atoms with Gasteiger partial charge < -0.3 is 9.73 Å². The van der Waals surface area contributed by atoms with E-state index in [0.29, 0.717) is 27.9 Å². The van der Waals surface area contributed by atoms with E-state index in [0.717, 1.165) is 18.6 Å². The van der Waals surface area contributed by atoms with Crippen LogP contribution in [0, 0.1) is 0 Å². The maximum Gasteiger partial charge on any atom is 0.259 e. The molecule has 2 aromatic heterocycles. The van der Waals surface area contributed by atoms with Gasteiger partial charge in [-0.1, -0.05) is 11.6 Å². The van der Waals surface area contributed by atoms with Gasteiger partial charge in [-0.25, -0.2) is 9.67 Å². The van der Waals surface area contributed by atoms with Crippen LogP contribution in [-0.2, 0) is 0 Å². The van der Waals surface area contributed by atoms with Gasteiger partial charge >= 0.3 is 0 Å². The molecule has 0 aliphatic heterocycles. The Kier molecular flexibility index (Phi) is 3.38. The molecule has 1 aliphatic carbocycles. The highest BCUT2D eigenvalue weighted by molar-refractivity contribution is 6.31. The first-order valence-corrected chi connectivity index (χ1v) is 7.63. The van der Waals surface area contributed by atoms with Gasteiger partial charge in [0.05, 0.1) is 23.2 Å². The average molecular weight is 329 g/mol. The minimum absolute atomic E-state index is 0.218. The average Bonchev–Trinajstić information content (AvgIpc) is 3.03. The second-order valence-electron chi connectivity index (χ2n) is 5.43. The Labute approximate surface area is 137 Å². The summed E-state index contributed by atoms with van der Waals surface area (Å²) >= 11 is 6.06. The van der Waals surface area contributed by atoms with Crippen LogP contribution in [0.2, 0.25) is 5.02 Å². The van der Waals surface area contributed by atoms with E-state index in [9.17, 15) is 4.79 Å². The summed E-state index contributed by atoms with van der Waals surface area (Å²) in [5, 5.41) is 7.52. The van der Waals surface area contributed by atoms with Crippen molar-refractivity contribution in [3.05, 3.63) is 59.5 Å². The second kappa shape index (κ2) is 5.55. The first kappa shape index (κ1) is 14.0. The summed E-state index contributed by atoms with van der Waals surface area (Å²) in [4.78, 5) is 16.5. The van der Waals surface area contributed by atoms with Crippen molar-refractivity contribution in [2.75, 3.05) is 5.32 Å². The fraction of sp³-hybridized carbons (Fsp3) is 0.188. The number of furan rings is 1. The maximum atomic E-state index is 12.6. The molecular weight excluding hydrogens is 316 g/mol. The van der Waals surface area contributed by atoms with Crippen LogP contribution in [0.4, 0.5) is 5.69 Å². The van der Waals surface area contributed by atoms with Crippen molar-refractivity contribution in [1.29, 1.82) is 0 Å². The molecular formula is C16H13ClN4O2. The van der Waals surface area contributed by atoms with Crippen molar-refractivity contribution in [3.8, 4) is 5.69 Å². The predicted octanol–water partition coefficient (Wildman–Crippen LogP) is 3.64. The number of benzene rings is 1. The lowest BCUT2D eigenvalue weighted by molar-refractivity contribution is 0.102. The monoisotopic (exact) mass is 328 g/mol. The highest BCUT2D eigenvalue weighted by atomic mass is 35.5. The number of carbonyl (C=O) groups is 1. The Bertz CT molecular complexity index is 853. The third kappa shape index (κ3) is 2.73. The molecule has 0 atom stereocenters. The zero-order valence-electron chi connectivity index (χ0n) is 12.1. The van der Waals surface area contributed by atoms with Crippen molar-refractivity contribution in [3.63, 3.8) is 0 Å². The quantitative estimate of drug-likeness (QED) is 0.793. The van der Waals surface area contributed by atoms with Crippen molar-refractivity contribution < 1.29 is 9.21 Å². The van der Waals surface area contributed by atoms with Gasteiger partial charge in [-0.15, -0.1) is 0 Å². The molecule has 1 aromatic carbocycles. The molecule has 0 unspecified atom stereocenters. The standard InChI is InChI=1S/C16H13ClN4O2/c17-11-3-4-14(21-9-18-8-19-21)13(7-11)20-16(22)12-5-6-23-15(12)10-1-2-10/h3-10H,1-2H2,(H,20,22). The summed E-state index contributed by atoms with van der Waals surface area (Å²) in [6, 6.07) is 6.90. The number of carbonyl (C=O) groups excluding carboxylic acids is 1. The van der Waals surface area contributed by atoms with Crippen molar-refractivity contribution in [2.45, 2.75) is 18.8 Å². The van der Waals surface area contributed by atoms with Crippen LogP contribution in [0.15, 0.2) is 47.6 Å². The SMILES string of the molecule is O=C(Nc1cc(Cl)ccc1-n1cncn1)c1ccoc1C1CC1. The molecule has 1 fully saturated rings. The molecule has 1 amide bonds. The van der Waals surface area contributed by atoms with E-state index < -0.39 is 0 Å². The molecule has 4 rings (SSSR count). The van der Waals surface area contributed by atoms with E-state index in [1.165, 1.54) is 6.33 Å². The van der Waals surface area contributed by atoms with Gasteiger partial charge in [0.1, 0.15) is 18.4 Å². The Morgan fingerprint density at radius 1 is 1.35 bits per heavy atom. The first-order chi connectivity index (χ1) is 11.2. The van der Waals surface area contributed by atoms with Gasteiger partial charge in [-0.05, 0) is 37.1 Å². The summed E-state index contributed by atoms with van der Waals surface area (Å²) in [7, 11) is 0. The second-order valence-corrected chi connectivity index (χ2v) is 5.86. The Balaban J connectivity index is 1.67. The van der Waals surface area contributed by atoms with E-state index in [1.54, 1.807) is 41.5 Å². The topological polar surface area (TPSA) is 73.0 Å². The molecule has 1 N–H and O–H groups in total. The number of rotatable bonds is 4. The highest BCUT2D eigenvalue weighted by Crippen LogP contribution is 2.42. The van der Waals surface area contributed by atoms with Gasteiger partial charge in [0.25, 0.3) is 5.91 Å². The molecule has 7 heteroatoms. The molecule has 23 heavy (non-hydrogen) atoms. The zero-order valence-corrected chi connectivity index (χ0v) is 12.8. The van der Waals surface area contributed by atoms with Crippen LogP contribution in [0.25, 0.3) is 5.69 Å². The molecule has 6 nitrogen and oxygen atoms in total. The molecule has 1 saturated carbocycles. The minimum Gasteiger partial charge on any atom is -0.468 e. The van der Waals surface area contributed by atoms with Gasteiger partial charge in [0, 0.05) is 10.9 Å². The molecule has 0 saturated heterocycles. The number of aromatic nitrogens is 3. The molecule has 0 spiro atoms. The Morgan fingerprint density at radius 3 is 2.96 bits per heavy atom. The maximum absolute atomic E-state index is 12.6. The van der Waals surface area contributed by atoms with Crippen molar-refractivity contribution in [1.82, 2.24) is 14.8 Å². The van der Waals surface area contributed by atoms with Crippen LogP contribution in [0.1, 0.15) is 34.9 Å². The molecule has 3 aromatic rings. The third-order valence-electron chi connectivity index (χ3n) is 3.76. The first-order valence-electron chi connectivity index (χ1n) is 7.25. The number of halogens is 1. The summed E-state index contributed by atoms with van der Waals surface area (Å²) in [6.45, 7) is 0. The molecule has 0 bridgehead atoms. The largest absolute Gasteiger partial charge is 0.468 e. The molecule has 0 radical (unpaired) electrons. The summed E-state index contributed by atoms with van der Waals surface area (Å²) in [5.74, 6) is 0.899. The van der Waals surface area contributed by atoms with Crippen LogP contribution in [0.3, 0.4) is 0 Å². The number of amides is 1. The zero-order chi connectivity index (χ0) is 15.8. The van der Waals surface area contributed by atoms with E-state index in [2.05, 4.69) is 15.4 Å². The Morgan fingerprint density at radius 2 is 2.22 bits per heavy atom. The fourth-order valence-electron chi connectivity index (χ4n) is 2.50. The van der Waals surface area contributed by atoms with E-state index in [1.807, 2.05) is 0 Å². The van der Waals surface area contributed by atoms with E-state index in [-0.39, 0.29) is 5.91 Å². The van der Waals surface area contributed by atoms with Gasteiger partial charge in [0.15, 0.2) is 0 Å². The molecule has 116 valence electrons. The number of hydrogen-bond acceptors (Lipinski definition) is 4. The minimum atomic E-state index is -0.218. The van der Waals surface area contributed by atoms with Gasteiger partial charge in [-0.2, -0.15) is 5.10 Å². The molecule has 1 aliphatic rings. The van der Waals surface area contributed by atoms with Crippen LogP contribution in [0.5, 0.6) is 0 Å². The van der Waals surface area contributed by atoms with Gasteiger partial charge in [-0.3, -0.25) is 4.79 Å². The van der Waals surface area contributed by atoms with Crippen LogP contribution >= 0.6 is 11.6 Å². The highest BCUT2D eigenvalue weighted by Gasteiger charge is 2.31. The predicted molar refractivity (Wildman–Crippen MR) is 85.0 cm³/mol. The van der Waals surface area contributed by atoms with E-state index in [4.69, 9.17) is 16.0 Å². The van der Waals surface area contributed by atoms with Crippen molar-refractivity contribution in [2.24, 2.45) is 0 Å². The summed E-state index contributed by atoms with van der Waals surface area (Å²) in [5.41, 5.74) is 1.82. The normalized spacial score (nSPS) is 14.0. The fourth-order valence-corrected chi connectivity index (χ4v) is 2.67. The summed E-state index contributed by atoms with van der Waals surface area (Å²) in [6.07, 6.45) is 6.68. The van der Waals surface area contributed by atoms with Crippen LogP contribution in [-0.4, -0.2) is 20.7 Å². The molecule has 2 heterocycles. The number of anilines is 1. The van der Waals surface area contributed by atoms with Crippen LogP contribution < -0.4 is 5.32 Å². The van der Waals surface area contributed by atoms with E-state index >= 15 is 0 Å². The number of hydrogen-bond donors (Lipinski definition) is 1. The van der Waals surface area contributed by atoms with Gasteiger partial charge in [0.2, 0.25) is 0 Å².